The van der Waals surface area contributed by atoms with Crippen LogP contribution in [0, 0.1) is 5.95 Å². The van der Waals surface area contributed by atoms with Gasteiger partial charge in [-0.1, -0.05) is 35.3 Å². The van der Waals surface area contributed by atoms with Crippen LogP contribution in [-0.4, -0.2) is 4.98 Å². The molecule has 62 valence electrons. The van der Waals surface area contributed by atoms with Gasteiger partial charge in [-0.3, -0.25) is 0 Å². The van der Waals surface area contributed by atoms with Gasteiger partial charge in [0.25, 0.3) is 0 Å². The summed E-state index contributed by atoms with van der Waals surface area (Å²) >= 11 is 11.4. The van der Waals surface area contributed by atoms with E-state index in [0.717, 1.165) is 0 Å². The minimum absolute atomic E-state index is 0.0903. The van der Waals surface area contributed by atoms with Crippen LogP contribution in [0.15, 0.2) is 18.2 Å². The molecule has 0 aliphatic rings. The number of hydrogen-bond donors (Lipinski definition) is 1. The number of para-hydroxylation sites is 1. The number of aromatic amines is 1. The van der Waals surface area contributed by atoms with Crippen LogP contribution in [0.3, 0.4) is 0 Å². The van der Waals surface area contributed by atoms with Gasteiger partial charge >= 0.3 is 0 Å². The second-order valence-corrected chi connectivity index (χ2v) is 3.20. The Morgan fingerprint density at radius 3 is 2.67 bits per heavy atom. The summed E-state index contributed by atoms with van der Waals surface area (Å²) < 4.78 is 12.9. The molecule has 1 aromatic carbocycles. The third kappa shape index (κ3) is 0.993. The van der Waals surface area contributed by atoms with Crippen molar-refractivity contribution in [2.75, 3.05) is 0 Å². The van der Waals surface area contributed by atoms with Gasteiger partial charge in [-0.2, -0.15) is 4.39 Å². The fourth-order valence-corrected chi connectivity index (χ4v) is 1.54. The van der Waals surface area contributed by atoms with E-state index in [1.54, 1.807) is 18.2 Å². The summed E-state index contributed by atoms with van der Waals surface area (Å²) in [5.74, 6) is -0.542. The number of halogens is 3. The molecule has 0 aliphatic carbocycles. The molecule has 0 aliphatic heterocycles. The monoisotopic (exact) mass is 203 g/mol. The van der Waals surface area contributed by atoms with E-state index >= 15 is 0 Å². The minimum atomic E-state index is -0.542. The standard InChI is InChI=1S/C8H4Cl2FN/c9-5-3-1-2-4-6(10)8(11)12-7(4)5/h1-3,12H. The van der Waals surface area contributed by atoms with Gasteiger partial charge in [0.2, 0.25) is 5.95 Å². The molecule has 0 amide bonds. The van der Waals surface area contributed by atoms with E-state index in [4.69, 9.17) is 23.2 Å². The van der Waals surface area contributed by atoms with Crippen molar-refractivity contribution in [1.82, 2.24) is 4.98 Å². The zero-order valence-corrected chi connectivity index (χ0v) is 7.38. The molecule has 0 fully saturated rings. The lowest BCUT2D eigenvalue weighted by molar-refractivity contribution is 0.595. The van der Waals surface area contributed by atoms with Crippen LogP contribution < -0.4 is 0 Å². The molecule has 1 aromatic heterocycles. The maximum absolute atomic E-state index is 12.9. The molecule has 1 heterocycles. The Balaban J connectivity index is 2.95. The predicted octanol–water partition coefficient (Wildman–Crippen LogP) is 3.61. The van der Waals surface area contributed by atoms with Crippen LogP contribution in [-0.2, 0) is 0 Å². The van der Waals surface area contributed by atoms with E-state index < -0.39 is 5.95 Å². The number of rotatable bonds is 0. The molecule has 0 spiro atoms. The number of benzene rings is 1. The second kappa shape index (κ2) is 2.64. The van der Waals surface area contributed by atoms with Gasteiger partial charge < -0.3 is 4.98 Å². The molecule has 4 heteroatoms. The van der Waals surface area contributed by atoms with Gasteiger partial charge in [-0.05, 0) is 6.07 Å². The van der Waals surface area contributed by atoms with E-state index in [0.29, 0.717) is 15.9 Å². The number of H-pyrrole nitrogens is 1. The average Bonchev–Trinajstić information content (AvgIpc) is 2.32. The van der Waals surface area contributed by atoms with Gasteiger partial charge in [-0.25, -0.2) is 0 Å². The largest absolute Gasteiger partial charge is 0.329 e. The van der Waals surface area contributed by atoms with Crippen molar-refractivity contribution in [1.29, 1.82) is 0 Å². The first kappa shape index (κ1) is 7.90. The van der Waals surface area contributed by atoms with Crippen LogP contribution >= 0.6 is 23.2 Å². The van der Waals surface area contributed by atoms with E-state index in [-0.39, 0.29) is 5.02 Å². The summed E-state index contributed by atoms with van der Waals surface area (Å²) in [6.07, 6.45) is 0. The van der Waals surface area contributed by atoms with Gasteiger partial charge in [0.15, 0.2) is 0 Å². The molecule has 0 unspecified atom stereocenters. The molecule has 0 radical (unpaired) electrons. The lowest BCUT2D eigenvalue weighted by Crippen LogP contribution is -1.70. The Hall–Kier alpha value is -0.730. The van der Waals surface area contributed by atoms with Gasteiger partial charge in [-0.15, -0.1) is 0 Å². The average molecular weight is 204 g/mol. The van der Waals surface area contributed by atoms with Crippen molar-refractivity contribution >= 4 is 34.1 Å². The molecular weight excluding hydrogens is 200 g/mol. The molecule has 2 aromatic rings. The van der Waals surface area contributed by atoms with Crippen LogP contribution in [0.1, 0.15) is 0 Å². The van der Waals surface area contributed by atoms with Crippen molar-refractivity contribution in [2.45, 2.75) is 0 Å². The molecule has 12 heavy (non-hydrogen) atoms. The maximum Gasteiger partial charge on any atom is 0.211 e. The second-order valence-electron chi connectivity index (χ2n) is 2.42. The van der Waals surface area contributed by atoms with Crippen LogP contribution in [0.25, 0.3) is 10.9 Å². The molecular formula is C8H4Cl2FN. The smallest absolute Gasteiger partial charge is 0.211 e. The highest BCUT2D eigenvalue weighted by Crippen LogP contribution is 2.30. The van der Waals surface area contributed by atoms with Crippen molar-refractivity contribution in [3.05, 3.63) is 34.2 Å². The molecule has 1 nitrogen and oxygen atoms in total. The Labute approximate surface area is 78.1 Å². The van der Waals surface area contributed by atoms with Gasteiger partial charge in [0, 0.05) is 5.39 Å². The summed E-state index contributed by atoms with van der Waals surface area (Å²) in [5, 5.41) is 1.17. The third-order valence-electron chi connectivity index (χ3n) is 1.68. The van der Waals surface area contributed by atoms with E-state index in [9.17, 15) is 4.39 Å². The summed E-state index contributed by atoms with van der Waals surface area (Å²) in [6, 6.07) is 5.11. The van der Waals surface area contributed by atoms with E-state index in [1.165, 1.54) is 0 Å². The highest BCUT2D eigenvalue weighted by Gasteiger charge is 2.09. The Morgan fingerprint density at radius 2 is 2.00 bits per heavy atom. The van der Waals surface area contributed by atoms with Crippen molar-refractivity contribution < 1.29 is 4.39 Å². The Morgan fingerprint density at radius 1 is 1.25 bits per heavy atom. The highest BCUT2D eigenvalue weighted by molar-refractivity contribution is 6.39. The number of fused-ring (bicyclic) bond motifs is 1. The number of nitrogens with one attached hydrogen (secondary N) is 1. The van der Waals surface area contributed by atoms with Crippen molar-refractivity contribution in [2.24, 2.45) is 0 Å². The quantitative estimate of drug-likeness (QED) is 0.674. The third-order valence-corrected chi connectivity index (χ3v) is 2.36. The topological polar surface area (TPSA) is 15.8 Å². The van der Waals surface area contributed by atoms with Crippen LogP contribution in [0.4, 0.5) is 4.39 Å². The normalized spacial score (nSPS) is 10.9. The first-order chi connectivity index (χ1) is 5.70. The molecule has 0 atom stereocenters. The summed E-state index contributed by atoms with van der Waals surface area (Å²) in [4.78, 5) is 2.46. The first-order valence-corrected chi connectivity index (χ1v) is 4.07. The predicted molar refractivity (Wildman–Crippen MR) is 48.3 cm³/mol. The Kier molecular flexibility index (Phi) is 1.74. The molecule has 0 saturated carbocycles. The minimum Gasteiger partial charge on any atom is -0.329 e. The lowest BCUT2D eigenvalue weighted by Gasteiger charge is -1.90. The fraction of sp³-hybridized carbons (Fsp3) is 0. The molecule has 0 saturated heterocycles. The summed E-state index contributed by atoms with van der Waals surface area (Å²) in [5.41, 5.74) is 0.543. The number of aromatic nitrogens is 1. The van der Waals surface area contributed by atoms with Crippen molar-refractivity contribution in [3.8, 4) is 0 Å². The Bertz CT molecular complexity index is 436. The van der Waals surface area contributed by atoms with Crippen LogP contribution in [0.2, 0.25) is 10.0 Å². The fourth-order valence-electron chi connectivity index (χ4n) is 1.12. The van der Waals surface area contributed by atoms with Gasteiger partial charge in [0.1, 0.15) is 5.02 Å². The number of hydrogen-bond acceptors (Lipinski definition) is 0. The zero-order valence-electron chi connectivity index (χ0n) is 5.87. The zero-order chi connectivity index (χ0) is 8.72. The first-order valence-electron chi connectivity index (χ1n) is 3.31. The SMILES string of the molecule is Fc1[nH]c2c(Cl)cccc2c1Cl. The summed E-state index contributed by atoms with van der Waals surface area (Å²) in [6.45, 7) is 0. The highest BCUT2D eigenvalue weighted by atomic mass is 35.5. The lowest BCUT2D eigenvalue weighted by atomic mass is 10.2. The van der Waals surface area contributed by atoms with Crippen LogP contribution in [0.5, 0.6) is 0 Å². The maximum atomic E-state index is 12.9. The van der Waals surface area contributed by atoms with E-state index in [2.05, 4.69) is 4.98 Å². The van der Waals surface area contributed by atoms with E-state index in [1.807, 2.05) is 0 Å². The molecule has 2 rings (SSSR count). The van der Waals surface area contributed by atoms with Crippen molar-refractivity contribution in [3.63, 3.8) is 0 Å². The molecule has 0 bridgehead atoms. The van der Waals surface area contributed by atoms with Gasteiger partial charge in [0.05, 0.1) is 10.5 Å². The summed E-state index contributed by atoms with van der Waals surface area (Å²) in [7, 11) is 0. The molecule has 1 N–H and O–H groups in total.